The Morgan fingerprint density at radius 3 is 2.60 bits per heavy atom. The lowest BCUT2D eigenvalue weighted by molar-refractivity contribution is -0.0179. The average molecular weight is 624 g/mol. The van der Waals surface area contributed by atoms with Crippen molar-refractivity contribution < 1.29 is 19.4 Å². The van der Waals surface area contributed by atoms with E-state index in [0.717, 1.165) is 27.6 Å². The van der Waals surface area contributed by atoms with Crippen molar-refractivity contribution in [1.29, 1.82) is 0 Å². The first kappa shape index (κ1) is 30.9. The molecule has 0 radical (unpaired) electrons. The predicted molar refractivity (Wildman–Crippen MR) is 172 cm³/mol. The van der Waals surface area contributed by atoms with Gasteiger partial charge in [-0.3, -0.25) is 4.79 Å². The van der Waals surface area contributed by atoms with Crippen LogP contribution < -0.4 is 5.32 Å². The Morgan fingerprint density at radius 2 is 1.84 bits per heavy atom. The molecular weight excluding hydrogens is 587 g/mol. The lowest BCUT2D eigenvalue weighted by Crippen LogP contribution is -2.48. The average Bonchev–Trinajstić information content (AvgIpc) is 3.30. The second-order valence-electron chi connectivity index (χ2n) is 11.2. The topological polar surface area (TPSA) is 87.0 Å². The fourth-order valence-electron chi connectivity index (χ4n) is 5.69. The third-order valence-electron chi connectivity index (χ3n) is 8.22. The van der Waals surface area contributed by atoms with Crippen LogP contribution in [0.3, 0.4) is 0 Å². The number of rotatable bonds is 5. The van der Waals surface area contributed by atoms with Gasteiger partial charge < -0.3 is 29.5 Å². The summed E-state index contributed by atoms with van der Waals surface area (Å²) in [7, 11) is 3.59. The number of fused-ring (bicyclic) bond motifs is 5. The van der Waals surface area contributed by atoms with Gasteiger partial charge in [0.2, 0.25) is 0 Å². The predicted octanol–water partition coefficient (Wildman–Crippen LogP) is 6.67. The van der Waals surface area contributed by atoms with Gasteiger partial charge in [0.05, 0.1) is 41.1 Å². The van der Waals surface area contributed by atoms with Crippen LogP contribution in [0.25, 0.3) is 22.0 Å². The molecule has 0 saturated heterocycles. The molecule has 226 valence electrons. The number of nitrogens with one attached hydrogen (secondary N) is 1. The Hall–Kier alpha value is -3.56. The third-order valence-corrected chi connectivity index (χ3v) is 9.04. The SMILES string of the molecule is C[C@@H]1CN([C@@H](C)CO)C(=O)c2c(c3ccccc3n2C)-c2ccccc2CO[C@@H]1CN(C)C(=O)Nc1cccc(Cl)c1Cl. The number of aromatic nitrogens is 1. The van der Waals surface area contributed by atoms with Crippen molar-refractivity contribution in [2.24, 2.45) is 13.0 Å². The number of aryl methyl sites for hydroxylation is 1. The number of nitrogens with zero attached hydrogens (tertiary/aromatic N) is 3. The Balaban J connectivity index is 1.53. The first-order chi connectivity index (χ1) is 20.6. The molecule has 2 heterocycles. The molecule has 1 aliphatic rings. The lowest BCUT2D eigenvalue weighted by atomic mass is 9.96. The number of carbonyl (C=O) groups excluding carboxylic acids is 2. The van der Waals surface area contributed by atoms with Crippen molar-refractivity contribution in [3.8, 4) is 11.1 Å². The molecule has 43 heavy (non-hydrogen) atoms. The second-order valence-corrected chi connectivity index (χ2v) is 12.0. The normalized spacial score (nSPS) is 18.0. The number of hydrogen-bond donors (Lipinski definition) is 2. The number of amides is 3. The number of aliphatic hydroxyl groups excluding tert-OH is 1. The van der Waals surface area contributed by atoms with E-state index in [-0.39, 0.29) is 42.6 Å². The zero-order chi connectivity index (χ0) is 30.8. The van der Waals surface area contributed by atoms with Gasteiger partial charge in [-0.15, -0.1) is 0 Å². The number of halogens is 2. The summed E-state index contributed by atoms with van der Waals surface area (Å²) < 4.78 is 8.53. The van der Waals surface area contributed by atoms with E-state index in [1.165, 1.54) is 4.90 Å². The zero-order valence-electron chi connectivity index (χ0n) is 24.7. The molecule has 0 unspecified atom stereocenters. The molecule has 3 amide bonds. The van der Waals surface area contributed by atoms with Gasteiger partial charge in [0, 0.05) is 49.6 Å². The number of benzene rings is 3. The minimum atomic E-state index is -0.441. The summed E-state index contributed by atoms with van der Waals surface area (Å²) in [6, 6.07) is 20.2. The van der Waals surface area contributed by atoms with Crippen molar-refractivity contribution >= 4 is 51.7 Å². The van der Waals surface area contributed by atoms with Crippen LogP contribution >= 0.6 is 23.2 Å². The fourth-order valence-corrected chi connectivity index (χ4v) is 6.04. The lowest BCUT2D eigenvalue weighted by Gasteiger charge is -2.35. The maximum Gasteiger partial charge on any atom is 0.321 e. The van der Waals surface area contributed by atoms with Gasteiger partial charge in [-0.05, 0) is 36.2 Å². The summed E-state index contributed by atoms with van der Waals surface area (Å²) >= 11 is 12.4. The van der Waals surface area contributed by atoms with Gasteiger partial charge in [0.25, 0.3) is 5.91 Å². The molecule has 0 fully saturated rings. The monoisotopic (exact) mass is 622 g/mol. The van der Waals surface area contributed by atoms with E-state index in [9.17, 15) is 14.7 Å². The minimum absolute atomic E-state index is 0.167. The van der Waals surface area contributed by atoms with E-state index in [1.807, 2.05) is 74.0 Å². The number of likely N-dealkylation sites (N-methyl/N-ethyl adjacent to an activating group) is 1. The second kappa shape index (κ2) is 13.0. The quantitative estimate of drug-likeness (QED) is 0.260. The van der Waals surface area contributed by atoms with Crippen LogP contribution in [0.1, 0.15) is 29.9 Å². The van der Waals surface area contributed by atoms with E-state index < -0.39 is 12.1 Å². The third kappa shape index (κ3) is 6.10. The molecule has 3 aromatic carbocycles. The smallest absolute Gasteiger partial charge is 0.321 e. The highest BCUT2D eigenvalue weighted by Gasteiger charge is 2.34. The summed E-state index contributed by atoms with van der Waals surface area (Å²) in [5, 5.41) is 14.6. The van der Waals surface area contributed by atoms with Crippen molar-refractivity contribution in [3.63, 3.8) is 0 Å². The summed E-state index contributed by atoms with van der Waals surface area (Å²) in [4.78, 5) is 30.9. The van der Waals surface area contributed by atoms with Crippen molar-refractivity contribution in [2.75, 3.05) is 32.1 Å². The van der Waals surface area contributed by atoms with E-state index >= 15 is 0 Å². The van der Waals surface area contributed by atoms with E-state index in [4.69, 9.17) is 27.9 Å². The molecule has 10 heteroatoms. The first-order valence-electron chi connectivity index (χ1n) is 14.3. The van der Waals surface area contributed by atoms with Gasteiger partial charge in [-0.2, -0.15) is 0 Å². The van der Waals surface area contributed by atoms with Crippen LogP contribution in [0, 0.1) is 5.92 Å². The number of carbonyl (C=O) groups is 2. The highest BCUT2D eigenvalue weighted by Crippen LogP contribution is 2.38. The van der Waals surface area contributed by atoms with Gasteiger partial charge in [-0.1, -0.05) is 78.7 Å². The van der Waals surface area contributed by atoms with Gasteiger partial charge in [0.1, 0.15) is 5.69 Å². The molecule has 1 aromatic heterocycles. The molecule has 8 nitrogen and oxygen atoms in total. The maximum absolute atomic E-state index is 14.5. The number of anilines is 1. The number of aliphatic hydroxyl groups is 1. The number of hydrogen-bond acceptors (Lipinski definition) is 4. The van der Waals surface area contributed by atoms with Crippen LogP contribution in [0.2, 0.25) is 10.0 Å². The zero-order valence-corrected chi connectivity index (χ0v) is 26.2. The van der Waals surface area contributed by atoms with Crippen LogP contribution in [-0.4, -0.2) is 70.3 Å². The van der Waals surface area contributed by atoms with Gasteiger partial charge in [0.15, 0.2) is 0 Å². The van der Waals surface area contributed by atoms with Crippen LogP contribution in [0.4, 0.5) is 10.5 Å². The van der Waals surface area contributed by atoms with Crippen molar-refractivity contribution in [2.45, 2.75) is 32.6 Å². The molecule has 2 N–H and O–H groups in total. The number of para-hydroxylation sites is 1. The number of ether oxygens (including phenoxy) is 1. The summed E-state index contributed by atoms with van der Waals surface area (Å²) in [6.45, 7) is 4.50. The highest BCUT2D eigenvalue weighted by molar-refractivity contribution is 6.44. The molecule has 0 spiro atoms. The van der Waals surface area contributed by atoms with Gasteiger partial charge in [-0.25, -0.2) is 4.79 Å². The molecule has 5 rings (SSSR count). The van der Waals surface area contributed by atoms with Crippen LogP contribution in [0.15, 0.2) is 66.7 Å². The Kier molecular flexibility index (Phi) is 9.32. The molecule has 0 saturated carbocycles. The molecule has 0 aliphatic carbocycles. The van der Waals surface area contributed by atoms with E-state index in [0.29, 0.717) is 22.9 Å². The standard InChI is InChI=1S/C33H36Cl2N4O4/c1-20-16-39(21(2)18-40)32(41)31-29(24-12-7-8-15-27(24)38(31)4)23-11-6-5-10-22(23)19-43-28(20)17-37(3)33(42)36-26-14-9-13-25(34)30(26)35/h5-15,20-21,28,40H,16-19H2,1-4H3,(H,36,42)/t20-,21+,28-/m1/s1. The Bertz CT molecular complexity index is 1660. The molecule has 0 bridgehead atoms. The van der Waals surface area contributed by atoms with E-state index in [2.05, 4.69) is 5.32 Å². The molecule has 3 atom stereocenters. The summed E-state index contributed by atoms with van der Waals surface area (Å²) in [5.41, 5.74) is 4.62. The van der Waals surface area contributed by atoms with Crippen molar-refractivity contribution in [1.82, 2.24) is 14.4 Å². The minimum Gasteiger partial charge on any atom is -0.394 e. The number of urea groups is 1. The van der Waals surface area contributed by atoms with Crippen molar-refractivity contribution in [3.05, 3.63) is 88.0 Å². The van der Waals surface area contributed by atoms with Crippen LogP contribution in [-0.2, 0) is 18.4 Å². The molecular formula is C33H36Cl2N4O4. The molecule has 4 aromatic rings. The Morgan fingerprint density at radius 1 is 1.12 bits per heavy atom. The highest BCUT2D eigenvalue weighted by atomic mass is 35.5. The summed E-state index contributed by atoms with van der Waals surface area (Å²) in [5.74, 6) is -0.356. The maximum atomic E-state index is 14.5. The largest absolute Gasteiger partial charge is 0.394 e. The summed E-state index contributed by atoms with van der Waals surface area (Å²) in [6.07, 6.45) is -0.433. The fraction of sp³-hybridized carbons (Fsp3) is 0.333. The first-order valence-corrected chi connectivity index (χ1v) is 15.0. The van der Waals surface area contributed by atoms with E-state index in [1.54, 1.807) is 30.1 Å². The van der Waals surface area contributed by atoms with Gasteiger partial charge >= 0.3 is 6.03 Å². The molecule has 1 aliphatic heterocycles. The Labute approximate surface area is 261 Å². The van der Waals surface area contributed by atoms with Crippen LogP contribution in [0.5, 0.6) is 0 Å².